The molecule has 0 spiro atoms. The Labute approximate surface area is 122 Å². The van der Waals surface area contributed by atoms with Crippen molar-refractivity contribution in [2.75, 3.05) is 0 Å². The predicted molar refractivity (Wildman–Crippen MR) is 79.9 cm³/mol. The van der Waals surface area contributed by atoms with Gasteiger partial charge in [0.05, 0.1) is 16.4 Å². The van der Waals surface area contributed by atoms with E-state index in [-0.39, 0.29) is 0 Å². The zero-order valence-electron chi connectivity index (χ0n) is 11.3. The molecule has 2 aromatic rings. The number of hydrogen-bond acceptors (Lipinski definition) is 2. The van der Waals surface area contributed by atoms with Crippen molar-refractivity contribution in [1.82, 2.24) is 9.78 Å². The largest absolute Gasteiger partial charge is 0.379 e. The molecular weight excluding hydrogens is 304 g/mol. The number of aliphatic hydroxyl groups is 1. The molecule has 1 N–H and O–H groups in total. The van der Waals surface area contributed by atoms with Gasteiger partial charge in [-0.05, 0) is 34.3 Å². The molecule has 1 aromatic heterocycles. The summed E-state index contributed by atoms with van der Waals surface area (Å²) in [5.41, 5.74) is 0.727. The van der Waals surface area contributed by atoms with Crippen LogP contribution in [0.3, 0.4) is 0 Å². The van der Waals surface area contributed by atoms with Crippen molar-refractivity contribution in [2.24, 2.45) is 0 Å². The molecule has 0 aliphatic rings. The highest BCUT2D eigenvalue weighted by Gasteiger charge is 2.35. The normalized spacial score (nSPS) is 14.3. The first-order valence-corrected chi connectivity index (χ1v) is 7.42. The number of nitrogens with zero attached hydrogens (tertiary/aromatic N) is 2. The summed E-state index contributed by atoms with van der Waals surface area (Å²) in [5, 5.41) is 15.5. The Balaban J connectivity index is 2.56. The van der Waals surface area contributed by atoms with Crippen LogP contribution in [0.15, 0.2) is 41.0 Å². The van der Waals surface area contributed by atoms with E-state index < -0.39 is 5.60 Å². The van der Waals surface area contributed by atoms with Gasteiger partial charge in [-0.1, -0.05) is 44.2 Å². The zero-order valence-corrected chi connectivity index (χ0v) is 12.9. The molecule has 102 valence electrons. The van der Waals surface area contributed by atoms with E-state index in [0.717, 1.165) is 28.7 Å². The Morgan fingerprint density at radius 2 is 1.95 bits per heavy atom. The lowest BCUT2D eigenvalue weighted by atomic mass is 9.88. The minimum Gasteiger partial charge on any atom is -0.379 e. The first-order chi connectivity index (χ1) is 9.13. The molecule has 0 aliphatic carbocycles. The van der Waals surface area contributed by atoms with Crippen LogP contribution in [0.5, 0.6) is 0 Å². The summed E-state index contributed by atoms with van der Waals surface area (Å²) in [6.45, 7) is 4.89. The van der Waals surface area contributed by atoms with Crippen molar-refractivity contribution in [2.45, 2.75) is 38.8 Å². The molecule has 0 saturated heterocycles. The van der Waals surface area contributed by atoms with E-state index >= 15 is 0 Å². The highest BCUT2D eigenvalue weighted by Crippen LogP contribution is 2.37. The van der Waals surface area contributed by atoms with Gasteiger partial charge in [0.2, 0.25) is 0 Å². The minimum absolute atomic E-state index is 0.602. The fraction of sp³-hybridized carbons (Fsp3) is 0.400. The van der Waals surface area contributed by atoms with Crippen LogP contribution in [-0.4, -0.2) is 14.9 Å². The molecule has 0 fully saturated rings. The number of rotatable bonds is 5. The van der Waals surface area contributed by atoms with Crippen LogP contribution in [-0.2, 0) is 12.1 Å². The van der Waals surface area contributed by atoms with Crippen molar-refractivity contribution >= 4 is 15.9 Å². The average molecular weight is 323 g/mol. The first-order valence-electron chi connectivity index (χ1n) is 6.63. The molecule has 1 heterocycles. The third-order valence-electron chi connectivity index (χ3n) is 3.38. The molecule has 0 bridgehead atoms. The average Bonchev–Trinajstić information content (AvgIpc) is 2.81. The van der Waals surface area contributed by atoms with E-state index in [4.69, 9.17) is 0 Å². The lowest BCUT2D eigenvalue weighted by Crippen LogP contribution is -2.30. The van der Waals surface area contributed by atoms with Gasteiger partial charge in [0.15, 0.2) is 0 Å². The van der Waals surface area contributed by atoms with Crippen LogP contribution in [0.1, 0.15) is 37.9 Å². The maximum absolute atomic E-state index is 11.1. The van der Waals surface area contributed by atoms with E-state index in [9.17, 15) is 5.11 Å². The lowest BCUT2D eigenvalue weighted by Gasteiger charge is -2.29. The summed E-state index contributed by atoms with van der Waals surface area (Å²) < 4.78 is 2.75. The van der Waals surface area contributed by atoms with Gasteiger partial charge in [-0.2, -0.15) is 5.10 Å². The number of halogens is 1. The molecule has 19 heavy (non-hydrogen) atoms. The van der Waals surface area contributed by atoms with Gasteiger partial charge in [0.1, 0.15) is 5.60 Å². The van der Waals surface area contributed by atoms with Crippen LogP contribution < -0.4 is 0 Å². The lowest BCUT2D eigenvalue weighted by molar-refractivity contribution is 0.0656. The number of benzene rings is 1. The van der Waals surface area contributed by atoms with Crippen molar-refractivity contribution in [3.05, 3.63) is 52.3 Å². The molecule has 4 heteroatoms. The Bertz CT molecular complexity index is 538. The molecule has 0 amide bonds. The molecule has 0 radical (unpaired) electrons. The maximum Gasteiger partial charge on any atom is 0.132 e. The van der Waals surface area contributed by atoms with Gasteiger partial charge in [-0.15, -0.1) is 0 Å². The standard InChI is InChI=1S/C15H19BrN2O/c1-3-10-18-14(13(16)11-17-18)15(19,4-2)12-8-6-5-7-9-12/h5-9,11,19H,3-4,10H2,1-2H3. The molecular formula is C15H19BrN2O. The number of aryl methyl sites for hydroxylation is 1. The summed E-state index contributed by atoms with van der Waals surface area (Å²) in [4.78, 5) is 0. The first kappa shape index (κ1) is 14.3. The second kappa shape index (κ2) is 5.88. The Kier molecular flexibility index (Phi) is 4.42. The van der Waals surface area contributed by atoms with Crippen molar-refractivity contribution in [3.63, 3.8) is 0 Å². The fourth-order valence-electron chi connectivity index (χ4n) is 2.38. The topological polar surface area (TPSA) is 38.0 Å². The van der Waals surface area contributed by atoms with Crippen LogP contribution >= 0.6 is 15.9 Å². The predicted octanol–water partition coefficient (Wildman–Crippen LogP) is 3.70. The van der Waals surface area contributed by atoms with Gasteiger partial charge in [0, 0.05) is 6.54 Å². The minimum atomic E-state index is -1.01. The van der Waals surface area contributed by atoms with Gasteiger partial charge >= 0.3 is 0 Å². The second-order valence-electron chi connectivity index (χ2n) is 4.64. The summed E-state index contributed by atoms with van der Waals surface area (Å²) >= 11 is 3.52. The monoisotopic (exact) mass is 322 g/mol. The van der Waals surface area contributed by atoms with E-state index in [2.05, 4.69) is 28.0 Å². The smallest absolute Gasteiger partial charge is 0.132 e. The summed E-state index contributed by atoms with van der Waals surface area (Å²) in [7, 11) is 0. The van der Waals surface area contributed by atoms with Crippen molar-refractivity contribution in [3.8, 4) is 0 Å². The Morgan fingerprint density at radius 1 is 1.26 bits per heavy atom. The maximum atomic E-state index is 11.1. The summed E-state index contributed by atoms with van der Waals surface area (Å²) in [6.07, 6.45) is 3.34. The second-order valence-corrected chi connectivity index (χ2v) is 5.50. The molecule has 2 rings (SSSR count). The van der Waals surface area contributed by atoms with E-state index in [0.29, 0.717) is 6.42 Å². The van der Waals surface area contributed by atoms with Crippen LogP contribution in [0.2, 0.25) is 0 Å². The highest BCUT2D eigenvalue weighted by molar-refractivity contribution is 9.10. The van der Waals surface area contributed by atoms with Crippen LogP contribution in [0.25, 0.3) is 0 Å². The van der Waals surface area contributed by atoms with Gasteiger partial charge < -0.3 is 5.11 Å². The molecule has 1 unspecified atom stereocenters. The summed E-state index contributed by atoms with van der Waals surface area (Å²) in [5.74, 6) is 0. The van der Waals surface area contributed by atoms with E-state index in [1.807, 2.05) is 41.9 Å². The molecule has 1 atom stereocenters. The Morgan fingerprint density at radius 3 is 2.53 bits per heavy atom. The summed E-state index contributed by atoms with van der Waals surface area (Å²) in [6, 6.07) is 9.77. The van der Waals surface area contributed by atoms with E-state index in [1.165, 1.54) is 0 Å². The third-order valence-corrected chi connectivity index (χ3v) is 3.97. The van der Waals surface area contributed by atoms with Crippen LogP contribution in [0, 0.1) is 0 Å². The zero-order chi connectivity index (χ0) is 13.9. The van der Waals surface area contributed by atoms with Gasteiger partial charge in [0.25, 0.3) is 0 Å². The van der Waals surface area contributed by atoms with E-state index in [1.54, 1.807) is 6.20 Å². The number of aromatic nitrogens is 2. The quantitative estimate of drug-likeness (QED) is 0.911. The third kappa shape index (κ3) is 2.60. The fourth-order valence-corrected chi connectivity index (χ4v) is 3.00. The van der Waals surface area contributed by atoms with Gasteiger partial charge in [-0.25, -0.2) is 0 Å². The van der Waals surface area contributed by atoms with Crippen LogP contribution in [0.4, 0.5) is 0 Å². The molecule has 1 aromatic carbocycles. The molecule has 0 aliphatic heterocycles. The van der Waals surface area contributed by atoms with Crippen molar-refractivity contribution < 1.29 is 5.11 Å². The molecule has 3 nitrogen and oxygen atoms in total. The number of hydrogen-bond donors (Lipinski definition) is 1. The highest BCUT2D eigenvalue weighted by atomic mass is 79.9. The van der Waals surface area contributed by atoms with Gasteiger partial charge in [-0.3, -0.25) is 4.68 Å². The van der Waals surface area contributed by atoms with Crippen molar-refractivity contribution in [1.29, 1.82) is 0 Å². The Hall–Kier alpha value is -1.13. The SMILES string of the molecule is CCCn1ncc(Br)c1C(O)(CC)c1ccccc1. The molecule has 0 saturated carbocycles.